The SMILES string of the molecule is COc1ccc(CCC/C(=C\C(=O)O)C(F)(F)F)cc1. The molecule has 0 radical (unpaired) electrons. The smallest absolute Gasteiger partial charge is 0.412 e. The number of ether oxygens (including phenoxy) is 1. The highest BCUT2D eigenvalue weighted by Gasteiger charge is 2.33. The Morgan fingerprint density at radius 3 is 2.35 bits per heavy atom. The number of carbonyl (C=O) groups is 1. The van der Waals surface area contributed by atoms with Gasteiger partial charge in [0.1, 0.15) is 5.75 Å². The molecule has 1 aromatic rings. The Morgan fingerprint density at radius 1 is 1.30 bits per heavy atom. The molecule has 1 aromatic carbocycles. The van der Waals surface area contributed by atoms with E-state index in [9.17, 15) is 18.0 Å². The van der Waals surface area contributed by atoms with Crippen LogP contribution in [0.5, 0.6) is 5.75 Å². The van der Waals surface area contributed by atoms with E-state index in [-0.39, 0.29) is 18.9 Å². The topological polar surface area (TPSA) is 46.5 Å². The van der Waals surface area contributed by atoms with Crippen LogP contribution in [0.25, 0.3) is 0 Å². The molecule has 110 valence electrons. The van der Waals surface area contributed by atoms with E-state index in [2.05, 4.69) is 0 Å². The molecule has 3 nitrogen and oxygen atoms in total. The summed E-state index contributed by atoms with van der Waals surface area (Å²) in [7, 11) is 1.53. The van der Waals surface area contributed by atoms with Gasteiger partial charge in [-0.15, -0.1) is 0 Å². The minimum Gasteiger partial charge on any atom is -0.497 e. The molecule has 0 amide bonds. The van der Waals surface area contributed by atoms with Gasteiger partial charge in [-0.3, -0.25) is 0 Å². The van der Waals surface area contributed by atoms with Crippen LogP contribution in [0.15, 0.2) is 35.9 Å². The molecule has 0 aliphatic rings. The molecule has 0 heterocycles. The molecular formula is C14H15F3O3. The Balaban J connectivity index is 2.58. The molecule has 0 bridgehead atoms. The molecule has 0 aliphatic carbocycles. The first-order valence-corrected chi connectivity index (χ1v) is 5.96. The predicted octanol–water partition coefficient (Wildman–Crippen LogP) is 3.59. The fraction of sp³-hybridized carbons (Fsp3) is 0.357. The van der Waals surface area contributed by atoms with Gasteiger partial charge in [-0.05, 0) is 37.0 Å². The van der Waals surface area contributed by atoms with Crippen LogP contribution >= 0.6 is 0 Å². The van der Waals surface area contributed by atoms with Crippen molar-refractivity contribution in [1.82, 2.24) is 0 Å². The number of hydrogen-bond acceptors (Lipinski definition) is 2. The van der Waals surface area contributed by atoms with E-state index < -0.39 is 17.7 Å². The van der Waals surface area contributed by atoms with Crippen molar-refractivity contribution in [2.45, 2.75) is 25.4 Å². The fourth-order valence-corrected chi connectivity index (χ4v) is 1.72. The first kappa shape index (κ1) is 16.1. The second-order valence-corrected chi connectivity index (χ2v) is 4.21. The maximum Gasteiger partial charge on any atom is 0.412 e. The molecule has 1 rings (SSSR count). The van der Waals surface area contributed by atoms with Gasteiger partial charge in [-0.25, -0.2) is 4.79 Å². The van der Waals surface area contributed by atoms with Gasteiger partial charge in [0, 0.05) is 11.6 Å². The summed E-state index contributed by atoms with van der Waals surface area (Å²) in [5.74, 6) is -0.905. The summed E-state index contributed by atoms with van der Waals surface area (Å²) < 4.78 is 42.6. The largest absolute Gasteiger partial charge is 0.497 e. The Kier molecular flexibility index (Phi) is 5.61. The minimum atomic E-state index is -4.60. The Labute approximate surface area is 114 Å². The van der Waals surface area contributed by atoms with E-state index in [0.717, 1.165) is 5.56 Å². The van der Waals surface area contributed by atoms with Crippen molar-refractivity contribution in [3.8, 4) is 5.75 Å². The van der Waals surface area contributed by atoms with Crippen molar-refractivity contribution >= 4 is 5.97 Å². The van der Waals surface area contributed by atoms with Gasteiger partial charge < -0.3 is 9.84 Å². The lowest BCUT2D eigenvalue weighted by atomic mass is 10.0. The fourth-order valence-electron chi connectivity index (χ4n) is 1.72. The monoisotopic (exact) mass is 288 g/mol. The van der Waals surface area contributed by atoms with Crippen molar-refractivity contribution in [2.75, 3.05) is 7.11 Å². The molecule has 0 spiro atoms. The predicted molar refractivity (Wildman–Crippen MR) is 67.7 cm³/mol. The zero-order valence-corrected chi connectivity index (χ0v) is 10.9. The van der Waals surface area contributed by atoms with Crippen molar-refractivity contribution in [3.05, 3.63) is 41.5 Å². The van der Waals surface area contributed by atoms with Gasteiger partial charge in [0.15, 0.2) is 0 Å². The quantitative estimate of drug-likeness (QED) is 0.814. The number of benzene rings is 1. The zero-order valence-electron chi connectivity index (χ0n) is 10.9. The Morgan fingerprint density at radius 2 is 1.90 bits per heavy atom. The lowest BCUT2D eigenvalue weighted by Gasteiger charge is -2.11. The Bertz CT molecular complexity index is 475. The maximum atomic E-state index is 12.6. The summed E-state index contributed by atoms with van der Waals surface area (Å²) in [5.41, 5.74) is -0.138. The number of hydrogen-bond donors (Lipinski definition) is 1. The van der Waals surface area contributed by atoms with Gasteiger partial charge in [0.25, 0.3) is 0 Å². The van der Waals surface area contributed by atoms with Gasteiger partial charge in [0.2, 0.25) is 0 Å². The van der Waals surface area contributed by atoms with Gasteiger partial charge in [-0.1, -0.05) is 12.1 Å². The number of alkyl halides is 3. The van der Waals surface area contributed by atoms with Gasteiger partial charge in [0.05, 0.1) is 7.11 Å². The molecule has 0 saturated carbocycles. The summed E-state index contributed by atoms with van der Waals surface area (Å²) in [6, 6.07) is 7.00. The molecule has 0 aliphatic heterocycles. The van der Waals surface area contributed by atoms with Gasteiger partial charge >= 0.3 is 12.1 Å². The number of halogens is 3. The molecule has 0 fully saturated rings. The van der Waals surface area contributed by atoms with Gasteiger partial charge in [-0.2, -0.15) is 13.2 Å². The lowest BCUT2D eigenvalue weighted by Crippen LogP contribution is -2.14. The normalized spacial score (nSPS) is 12.3. The second-order valence-electron chi connectivity index (χ2n) is 4.21. The third-order valence-corrected chi connectivity index (χ3v) is 2.73. The van der Waals surface area contributed by atoms with Crippen LogP contribution in [0.1, 0.15) is 18.4 Å². The number of aryl methyl sites for hydroxylation is 1. The summed E-state index contributed by atoms with van der Waals surface area (Å²) in [4.78, 5) is 10.4. The second kappa shape index (κ2) is 6.98. The van der Waals surface area contributed by atoms with E-state index in [0.29, 0.717) is 12.2 Å². The van der Waals surface area contributed by atoms with Crippen molar-refractivity contribution < 1.29 is 27.8 Å². The first-order chi connectivity index (χ1) is 9.32. The number of rotatable bonds is 6. The molecule has 0 atom stereocenters. The number of carboxylic acids is 1. The molecule has 6 heteroatoms. The minimum absolute atomic E-state index is 0.227. The molecule has 20 heavy (non-hydrogen) atoms. The summed E-state index contributed by atoms with van der Waals surface area (Å²) in [6.07, 6.45) is -4.02. The van der Waals surface area contributed by atoms with E-state index in [1.54, 1.807) is 24.3 Å². The van der Waals surface area contributed by atoms with Crippen molar-refractivity contribution in [1.29, 1.82) is 0 Å². The summed E-state index contributed by atoms with van der Waals surface area (Å²) >= 11 is 0. The van der Waals surface area contributed by atoms with Crippen LogP contribution in [0.4, 0.5) is 13.2 Å². The molecule has 0 unspecified atom stereocenters. The van der Waals surface area contributed by atoms with Crippen LogP contribution in [-0.2, 0) is 11.2 Å². The molecule has 0 aromatic heterocycles. The number of aliphatic carboxylic acids is 1. The highest BCUT2D eigenvalue weighted by atomic mass is 19.4. The highest BCUT2D eigenvalue weighted by molar-refractivity contribution is 5.80. The van der Waals surface area contributed by atoms with Crippen LogP contribution in [0, 0.1) is 0 Å². The van der Waals surface area contributed by atoms with Crippen LogP contribution < -0.4 is 4.74 Å². The average molecular weight is 288 g/mol. The van der Waals surface area contributed by atoms with E-state index in [1.807, 2.05) is 0 Å². The highest BCUT2D eigenvalue weighted by Crippen LogP contribution is 2.29. The third-order valence-electron chi connectivity index (χ3n) is 2.73. The Hall–Kier alpha value is -1.98. The van der Waals surface area contributed by atoms with E-state index in [4.69, 9.17) is 9.84 Å². The van der Waals surface area contributed by atoms with E-state index >= 15 is 0 Å². The molecule has 1 N–H and O–H groups in total. The molecule has 0 saturated heterocycles. The number of allylic oxidation sites excluding steroid dienone is 1. The van der Waals surface area contributed by atoms with E-state index in [1.165, 1.54) is 7.11 Å². The zero-order chi connectivity index (χ0) is 15.2. The van der Waals surface area contributed by atoms with Crippen molar-refractivity contribution in [3.63, 3.8) is 0 Å². The number of carboxylic acid groups (broad SMARTS) is 1. The van der Waals surface area contributed by atoms with Crippen LogP contribution in [-0.4, -0.2) is 24.4 Å². The summed E-state index contributed by atoms with van der Waals surface area (Å²) in [5, 5.41) is 8.43. The lowest BCUT2D eigenvalue weighted by molar-refractivity contribution is -0.132. The van der Waals surface area contributed by atoms with Crippen molar-refractivity contribution in [2.24, 2.45) is 0 Å². The standard InChI is InChI=1S/C14H15F3O3/c1-20-12-7-5-10(6-8-12)3-2-4-11(9-13(18)19)14(15,16)17/h5-9H,2-4H2,1H3,(H,18,19)/b11-9+. The molecular weight excluding hydrogens is 273 g/mol. The maximum absolute atomic E-state index is 12.6. The number of methoxy groups -OCH3 is 1. The first-order valence-electron chi connectivity index (χ1n) is 5.96. The van der Waals surface area contributed by atoms with Crippen LogP contribution in [0.3, 0.4) is 0 Å². The summed E-state index contributed by atoms with van der Waals surface area (Å²) in [6.45, 7) is 0. The van der Waals surface area contributed by atoms with Crippen LogP contribution in [0.2, 0.25) is 0 Å². The average Bonchev–Trinajstić information content (AvgIpc) is 2.37. The third kappa shape index (κ3) is 5.34.